The third-order valence-corrected chi connectivity index (χ3v) is 9.63. The Morgan fingerprint density at radius 1 is 0.673 bits per heavy atom. The fourth-order valence-electron chi connectivity index (χ4n) is 6.36. The highest BCUT2D eigenvalue weighted by Crippen LogP contribution is 2.19. The second-order valence-electron chi connectivity index (χ2n) is 13.3. The zero-order valence-electron chi connectivity index (χ0n) is 35.5. The average Bonchev–Trinajstić information content (AvgIpc) is 3.22. The van der Waals surface area contributed by atoms with Crippen molar-refractivity contribution in [1.82, 2.24) is 0 Å². The van der Waals surface area contributed by atoms with Crippen molar-refractivity contribution >= 4 is 35.8 Å². The number of aryl methyl sites for hydroxylation is 2. The first kappa shape index (κ1) is 48.6. The van der Waals surface area contributed by atoms with Crippen molar-refractivity contribution in [2.45, 2.75) is 99.5 Å². The summed E-state index contributed by atoms with van der Waals surface area (Å²) in [6.07, 6.45) is 28.6. The van der Waals surface area contributed by atoms with E-state index in [0.29, 0.717) is 0 Å². The van der Waals surface area contributed by atoms with Crippen LogP contribution in [0, 0.1) is 6.92 Å². The molecule has 0 spiro atoms. The third-order valence-electron chi connectivity index (χ3n) is 9.63. The normalized spacial score (nSPS) is 11.5. The van der Waals surface area contributed by atoms with Crippen LogP contribution >= 0.6 is 0 Å². The van der Waals surface area contributed by atoms with Crippen molar-refractivity contribution in [3.05, 3.63) is 119 Å². The van der Waals surface area contributed by atoms with Crippen LogP contribution in [0.4, 0.5) is 11.4 Å². The molecule has 0 aliphatic heterocycles. The maximum absolute atomic E-state index is 7.00. The largest absolute Gasteiger partial charge is 0.501 e. The Morgan fingerprint density at radius 2 is 1.16 bits per heavy atom. The van der Waals surface area contributed by atoms with Crippen LogP contribution in [-0.2, 0) is 11.3 Å². The SMILES string of the molecule is CCN(CC)c1ccc(/C=C/C(=C/C=[NH2+])C(/C)=C\OCCCCCCCCCC[n+]2ccc(/C=C/c3ccc(N(CC)CC)cc3)c(C)c2)cc1.CO.CO. The van der Waals surface area contributed by atoms with Crippen molar-refractivity contribution < 1.29 is 24.9 Å². The first-order valence-corrected chi connectivity index (χ1v) is 20.4. The highest BCUT2D eigenvalue weighted by atomic mass is 16.5. The lowest BCUT2D eigenvalue weighted by Gasteiger charge is -2.20. The van der Waals surface area contributed by atoms with Crippen molar-refractivity contribution in [1.29, 1.82) is 0 Å². The summed E-state index contributed by atoms with van der Waals surface area (Å²) in [6.45, 7) is 19.0. The quantitative estimate of drug-likeness (QED) is 0.0280. The molecule has 7 heteroatoms. The summed E-state index contributed by atoms with van der Waals surface area (Å²) in [5, 5.41) is 19.7. The Kier molecular flexibility index (Phi) is 27.2. The fraction of sp³-hybridized carbons (Fsp3) is 0.458. The maximum atomic E-state index is 7.00. The Morgan fingerprint density at radius 3 is 1.65 bits per heavy atom. The van der Waals surface area contributed by atoms with Gasteiger partial charge >= 0.3 is 0 Å². The Bertz CT molecular complexity index is 1550. The maximum Gasteiger partial charge on any atom is 0.172 e. The molecule has 2 aromatic carbocycles. The number of pyridine rings is 1. The van der Waals surface area contributed by atoms with E-state index in [0.717, 1.165) is 71.1 Å². The number of allylic oxidation sites excluding steroid dienone is 4. The van der Waals surface area contributed by atoms with E-state index in [2.05, 4.69) is 147 Å². The van der Waals surface area contributed by atoms with Crippen LogP contribution in [-0.4, -0.2) is 63.4 Å². The summed E-state index contributed by atoms with van der Waals surface area (Å²) in [5.74, 6) is 0. The zero-order valence-corrected chi connectivity index (χ0v) is 35.5. The Balaban J connectivity index is 0.00000365. The van der Waals surface area contributed by atoms with E-state index >= 15 is 0 Å². The number of nitrogens with two attached hydrogens (primary N) is 1. The molecule has 1 aromatic heterocycles. The molecule has 7 nitrogen and oxygen atoms in total. The highest BCUT2D eigenvalue weighted by Gasteiger charge is 2.06. The van der Waals surface area contributed by atoms with Gasteiger partial charge in [-0.15, -0.1) is 0 Å². The summed E-state index contributed by atoms with van der Waals surface area (Å²) >= 11 is 0. The van der Waals surface area contributed by atoms with Crippen LogP contribution in [0.1, 0.15) is 108 Å². The van der Waals surface area contributed by atoms with Gasteiger partial charge in [-0.05, 0) is 106 Å². The van der Waals surface area contributed by atoms with E-state index in [1.54, 1.807) is 6.21 Å². The second kappa shape index (κ2) is 30.8. The molecular weight excluding hydrogens is 681 g/mol. The molecule has 0 saturated carbocycles. The minimum absolute atomic E-state index is 0.753. The number of benzene rings is 2. The van der Waals surface area contributed by atoms with Crippen LogP contribution in [0.5, 0.6) is 0 Å². The van der Waals surface area contributed by atoms with Gasteiger partial charge in [0, 0.05) is 75.9 Å². The lowest BCUT2D eigenvalue weighted by Crippen LogP contribution is -2.33. The first-order chi connectivity index (χ1) is 26.9. The van der Waals surface area contributed by atoms with Crippen molar-refractivity contribution in [3.8, 4) is 0 Å². The van der Waals surface area contributed by atoms with Gasteiger partial charge in [0.2, 0.25) is 0 Å². The van der Waals surface area contributed by atoms with Gasteiger partial charge in [0.1, 0.15) is 6.54 Å². The van der Waals surface area contributed by atoms with Gasteiger partial charge in [-0.2, -0.15) is 0 Å². The predicted octanol–water partition coefficient (Wildman–Crippen LogP) is 8.87. The molecule has 0 bridgehead atoms. The standard InChI is InChI=1S/C46H65N4O.2CH4O/c1-7-49(8-2)45-27-21-41(22-28-45)19-25-43(31-33-47)40(6)38-51-36-18-16-14-12-11-13-15-17-34-48-35-32-44(39(5)37-48)26-20-42-23-29-46(30-24-42)50(9-3)10-4;2*1-2/h19-33,35,37-38,47H,7-18,34,36H2,1-6H3;2*2H,1H3/q+1;;/p+1/b25-19+,40-38-,43-31-,47-33?;;. The van der Waals surface area contributed by atoms with Gasteiger partial charge in [0.05, 0.1) is 12.9 Å². The number of nitrogens with zero attached hydrogens (tertiary/aromatic N) is 3. The first-order valence-electron chi connectivity index (χ1n) is 20.4. The molecular formula is C48H74N4O3+2. The number of anilines is 2. The van der Waals surface area contributed by atoms with Crippen LogP contribution in [0.3, 0.4) is 0 Å². The van der Waals surface area contributed by atoms with Crippen LogP contribution < -0.4 is 19.8 Å². The van der Waals surface area contributed by atoms with Crippen LogP contribution in [0.25, 0.3) is 18.2 Å². The topological polar surface area (TPSA) is 85.6 Å². The number of aromatic nitrogens is 1. The molecule has 302 valence electrons. The molecule has 0 atom stereocenters. The second-order valence-corrected chi connectivity index (χ2v) is 13.3. The molecule has 55 heavy (non-hydrogen) atoms. The average molecular weight is 755 g/mol. The summed E-state index contributed by atoms with van der Waals surface area (Å²) in [4.78, 5) is 4.72. The lowest BCUT2D eigenvalue weighted by atomic mass is 10.1. The molecule has 1 heterocycles. The lowest BCUT2D eigenvalue weighted by molar-refractivity contribution is -0.697. The number of unbranched alkanes of at least 4 members (excludes halogenated alkanes) is 7. The third kappa shape index (κ3) is 19.1. The van der Waals surface area contributed by atoms with E-state index in [1.807, 2.05) is 12.3 Å². The molecule has 0 aliphatic rings. The molecule has 4 N–H and O–H groups in total. The predicted molar refractivity (Wildman–Crippen MR) is 238 cm³/mol. The van der Waals surface area contributed by atoms with Gasteiger partial charge in [-0.3, -0.25) is 5.41 Å². The van der Waals surface area contributed by atoms with Gasteiger partial charge < -0.3 is 24.7 Å². The number of aliphatic hydroxyl groups is 2. The van der Waals surface area contributed by atoms with E-state index in [4.69, 9.17) is 20.4 Å². The number of aliphatic hydroxyl groups excluding tert-OH is 2. The summed E-state index contributed by atoms with van der Waals surface area (Å²) in [7, 11) is 2.00. The number of ether oxygens (including phenoxy) is 1. The van der Waals surface area contributed by atoms with Gasteiger partial charge in [-0.25, -0.2) is 4.57 Å². The number of hydrogen-bond acceptors (Lipinski definition) is 5. The molecule has 3 rings (SSSR count). The Hall–Kier alpha value is -4.46. The van der Waals surface area contributed by atoms with Crippen LogP contribution in [0.15, 0.2) is 96.6 Å². The number of hydrogen-bond donors (Lipinski definition) is 3. The molecule has 0 fully saturated rings. The summed E-state index contributed by atoms with van der Waals surface area (Å²) in [5.41, 5.74) is 9.67. The van der Waals surface area contributed by atoms with E-state index in [1.165, 1.54) is 78.6 Å². The van der Waals surface area contributed by atoms with Gasteiger partial charge in [0.15, 0.2) is 18.6 Å². The minimum atomic E-state index is 0.753. The van der Waals surface area contributed by atoms with Crippen molar-refractivity contribution in [2.75, 3.05) is 56.8 Å². The fourth-order valence-corrected chi connectivity index (χ4v) is 6.36. The van der Waals surface area contributed by atoms with Crippen molar-refractivity contribution in [2.24, 2.45) is 0 Å². The smallest absolute Gasteiger partial charge is 0.172 e. The molecule has 0 radical (unpaired) electrons. The van der Waals surface area contributed by atoms with Crippen LogP contribution in [0.2, 0.25) is 0 Å². The summed E-state index contributed by atoms with van der Waals surface area (Å²) < 4.78 is 8.25. The molecule has 3 aromatic rings. The van der Waals surface area contributed by atoms with Gasteiger partial charge in [0.25, 0.3) is 0 Å². The molecule has 0 amide bonds. The van der Waals surface area contributed by atoms with E-state index in [-0.39, 0.29) is 0 Å². The monoisotopic (exact) mass is 755 g/mol. The molecule has 0 aliphatic carbocycles. The zero-order chi connectivity index (χ0) is 40.7. The molecule has 0 saturated heterocycles. The number of rotatable bonds is 24. The van der Waals surface area contributed by atoms with Gasteiger partial charge in [-0.1, -0.05) is 80.7 Å². The van der Waals surface area contributed by atoms with E-state index in [9.17, 15) is 0 Å². The Labute approximate surface area is 334 Å². The van der Waals surface area contributed by atoms with E-state index < -0.39 is 0 Å². The summed E-state index contributed by atoms with van der Waals surface area (Å²) in [6, 6.07) is 19.8. The van der Waals surface area contributed by atoms with Crippen molar-refractivity contribution in [3.63, 3.8) is 0 Å². The molecule has 0 unspecified atom stereocenters. The highest BCUT2D eigenvalue weighted by molar-refractivity contribution is 5.72. The minimum Gasteiger partial charge on any atom is -0.501 e.